The van der Waals surface area contributed by atoms with Gasteiger partial charge in [-0.05, 0) is 60.4 Å². The maximum absolute atomic E-state index is 12.9. The summed E-state index contributed by atoms with van der Waals surface area (Å²) < 4.78 is 10.9. The lowest BCUT2D eigenvalue weighted by atomic mass is 10.0. The van der Waals surface area contributed by atoms with Crippen LogP contribution in [0.4, 0.5) is 5.69 Å². The third kappa shape index (κ3) is 6.29. The van der Waals surface area contributed by atoms with Crippen molar-refractivity contribution in [3.63, 3.8) is 0 Å². The topological polar surface area (TPSA) is 76.7 Å². The molecule has 2 aliphatic rings. The van der Waals surface area contributed by atoms with E-state index in [0.717, 1.165) is 33.9 Å². The van der Waals surface area contributed by atoms with Crippen molar-refractivity contribution in [3.8, 4) is 0 Å². The van der Waals surface area contributed by atoms with E-state index >= 15 is 0 Å². The predicted octanol–water partition coefficient (Wildman–Crippen LogP) is 5.04. The standard InChI is InChI=1S/C29H29N2O4/c1-19-15-25(35-3)17-24(34-2)14-13-22(28(32)30-19)16-20-9-11-21(12-10-20)26-18-27(26)29(33)31-23-7-5-4-6-8-23/h4-12,14-16,18-19H,13,17H2,1-3H3,(H,30,32)(H,31,33)/b22-16+,24-14+,25-15+. The summed E-state index contributed by atoms with van der Waals surface area (Å²) in [6, 6.07) is 17.0. The Labute approximate surface area is 206 Å². The smallest absolute Gasteiger partial charge is 0.247 e. The highest BCUT2D eigenvalue weighted by atomic mass is 16.5. The minimum atomic E-state index is -0.183. The molecule has 0 saturated carbocycles. The van der Waals surface area contributed by atoms with Gasteiger partial charge in [0, 0.05) is 17.3 Å². The molecule has 1 unspecified atom stereocenters. The van der Waals surface area contributed by atoms with Gasteiger partial charge in [-0.25, -0.2) is 0 Å². The number of ether oxygens (including phenoxy) is 2. The zero-order chi connectivity index (χ0) is 24.8. The van der Waals surface area contributed by atoms with Crippen molar-refractivity contribution in [1.82, 2.24) is 5.32 Å². The minimum Gasteiger partial charge on any atom is -0.501 e. The number of hydrogen-bond acceptors (Lipinski definition) is 4. The number of methoxy groups -OCH3 is 2. The predicted molar refractivity (Wildman–Crippen MR) is 138 cm³/mol. The van der Waals surface area contributed by atoms with Crippen molar-refractivity contribution < 1.29 is 19.1 Å². The highest BCUT2D eigenvalue weighted by Gasteiger charge is 2.34. The van der Waals surface area contributed by atoms with Crippen LogP contribution in [-0.2, 0) is 19.1 Å². The number of benzene rings is 2. The molecular formula is C29H29N2O4. The van der Waals surface area contributed by atoms with E-state index in [1.807, 2.05) is 85.8 Å². The fourth-order valence-electron chi connectivity index (χ4n) is 3.87. The Morgan fingerprint density at radius 2 is 1.74 bits per heavy atom. The van der Waals surface area contributed by atoms with Crippen LogP contribution in [0.1, 0.15) is 30.9 Å². The van der Waals surface area contributed by atoms with Crippen molar-refractivity contribution in [1.29, 1.82) is 0 Å². The second-order valence-electron chi connectivity index (χ2n) is 8.44. The summed E-state index contributed by atoms with van der Waals surface area (Å²) in [5.41, 5.74) is 4.20. The monoisotopic (exact) mass is 469 g/mol. The van der Waals surface area contributed by atoms with Gasteiger partial charge in [-0.15, -0.1) is 0 Å². The van der Waals surface area contributed by atoms with Crippen LogP contribution in [-0.4, -0.2) is 32.1 Å². The van der Waals surface area contributed by atoms with Gasteiger partial charge in [-0.2, -0.15) is 0 Å². The van der Waals surface area contributed by atoms with Crippen LogP contribution >= 0.6 is 0 Å². The van der Waals surface area contributed by atoms with Gasteiger partial charge >= 0.3 is 0 Å². The number of hydrogen-bond donors (Lipinski definition) is 2. The van der Waals surface area contributed by atoms with E-state index in [2.05, 4.69) is 10.6 Å². The molecule has 1 aliphatic carbocycles. The van der Waals surface area contributed by atoms with Gasteiger partial charge in [0.25, 0.3) is 0 Å². The van der Waals surface area contributed by atoms with E-state index in [0.29, 0.717) is 24.3 Å². The minimum absolute atomic E-state index is 0.115. The number of allylic oxidation sites excluding steroid dienone is 1. The molecule has 4 rings (SSSR count). The first kappa shape index (κ1) is 24.1. The third-order valence-electron chi connectivity index (χ3n) is 5.84. The van der Waals surface area contributed by atoms with Gasteiger partial charge in [0.1, 0.15) is 11.7 Å². The quantitative estimate of drug-likeness (QED) is 0.581. The summed E-state index contributed by atoms with van der Waals surface area (Å²) in [6.45, 7) is 1.91. The molecule has 1 aliphatic heterocycles. The molecule has 1 radical (unpaired) electrons. The van der Waals surface area contributed by atoms with Gasteiger partial charge in [-0.3, -0.25) is 9.59 Å². The lowest BCUT2D eigenvalue weighted by Gasteiger charge is -2.17. The molecule has 0 aromatic heterocycles. The normalized spacial score (nSPS) is 22.6. The fraction of sp³-hybridized carbons (Fsp3) is 0.207. The molecule has 1 heterocycles. The molecule has 35 heavy (non-hydrogen) atoms. The van der Waals surface area contributed by atoms with Crippen molar-refractivity contribution in [2.75, 3.05) is 19.5 Å². The lowest BCUT2D eigenvalue weighted by molar-refractivity contribution is -0.117. The highest BCUT2D eigenvalue weighted by molar-refractivity contribution is 6.22. The molecular weight excluding hydrogens is 440 g/mol. The molecule has 1 atom stereocenters. The summed E-state index contributed by atoms with van der Waals surface area (Å²) >= 11 is 0. The Bertz CT molecular complexity index is 1210. The van der Waals surface area contributed by atoms with Gasteiger partial charge in [0.2, 0.25) is 11.8 Å². The number of carbonyl (C=O) groups excluding carboxylic acids is 2. The number of para-hydroxylation sites is 1. The summed E-state index contributed by atoms with van der Waals surface area (Å²) in [7, 11) is 3.23. The van der Waals surface area contributed by atoms with Gasteiger partial charge in [-0.1, -0.05) is 48.5 Å². The summed E-state index contributed by atoms with van der Waals surface area (Å²) in [5, 5.41) is 5.91. The van der Waals surface area contributed by atoms with Crippen LogP contribution in [0.2, 0.25) is 0 Å². The summed E-state index contributed by atoms with van der Waals surface area (Å²) in [4.78, 5) is 25.4. The zero-order valence-electron chi connectivity index (χ0n) is 20.1. The maximum Gasteiger partial charge on any atom is 0.247 e. The van der Waals surface area contributed by atoms with Crippen LogP contribution < -0.4 is 10.6 Å². The lowest BCUT2D eigenvalue weighted by Crippen LogP contribution is -2.32. The molecule has 0 bridgehead atoms. The zero-order valence-corrected chi connectivity index (χ0v) is 20.1. The average molecular weight is 470 g/mol. The van der Waals surface area contributed by atoms with Crippen LogP contribution in [0.5, 0.6) is 0 Å². The van der Waals surface area contributed by atoms with E-state index in [1.165, 1.54) is 0 Å². The highest BCUT2D eigenvalue weighted by Crippen LogP contribution is 2.41. The van der Waals surface area contributed by atoms with Crippen LogP contribution in [0.15, 0.2) is 89.9 Å². The number of rotatable bonds is 6. The van der Waals surface area contributed by atoms with Gasteiger partial charge in [0.05, 0.1) is 26.4 Å². The first-order chi connectivity index (χ1) is 17.0. The molecule has 2 aromatic carbocycles. The largest absolute Gasteiger partial charge is 0.501 e. The molecule has 2 amide bonds. The van der Waals surface area contributed by atoms with Gasteiger partial charge in [0.15, 0.2) is 0 Å². The molecule has 0 spiro atoms. The Morgan fingerprint density at radius 3 is 2.43 bits per heavy atom. The Balaban J connectivity index is 1.45. The first-order valence-corrected chi connectivity index (χ1v) is 11.5. The second-order valence-corrected chi connectivity index (χ2v) is 8.44. The summed E-state index contributed by atoms with van der Waals surface area (Å²) in [6.07, 6.45) is 8.51. The van der Waals surface area contributed by atoms with Crippen molar-refractivity contribution >= 4 is 29.2 Å². The Hall–Kier alpha value is -4.06. The second kappa shape index (κ2) is 10.9. The van der Waals surface area contributed by atoms with Crippen molar-refractivity contribution in [2.24, 2.45) is 0 Å². The Kier molecular flexibility index (Phi) is 7.51. The molecule has 179 valence electrons. The molecule has 6 heteroatoms. The number of amides is 2. The van der Waals surface area contributed by atoms with Crippen LogP contribution in [0, 0.1) is 5.92 Å². The van der Waals surface area contributed by atoms with E-state index < -0.39 is 0 Å². The molecule has 0 fully saturated rings. The van der Waals surface area contributed by atoms with Crippen LogP contribution in [0.3, 0.4) is 0 Å². The van der Waals surface area contributed by atoms with Crippen molar-refractivity contribution in [2.45, 2.75) is 25.8 Å². The maximum atomic E-state index is 12.9. The average Bonchev–Trinajstić information content (AvgIpc) is 3.67. The number of carbonyl (C=O) groups is 2. The van der Waals surface area contributed by atoms with Crippen LogP contribution in [0.25, 0.3) is 11.6 Å². The molecule has 6 nitrogen and oxygen atoms in total. The Morgan fingerprint density at radius 1 is 1.03 bits per heavy atom. The summed E-state index contributed by atoms with van der Waals surface area (Å²) in [5.74, 6) is 1.92. The van der Waals surface area contributed by atoms with E-state index in [4.69, 9.17) is 9.47 Å². The SMILES string of the molecule is CO/C1=C/C/C(=C\c2ccc(C3=C[C]3C(=O)Nc3ccccc3)cc2)C(=O)NC(C)/C=C(/OC)C1. The van der Waals surface area contributed by atoms with Gasteiger partial charge < -0.3 is 20.1 Å². The molecule has 2 aromatic rings. The van der Waals surface area contributed by atoms with E-state index in [9.17, 15) is 9.59 Å². The third-order valence-corrected chi connectivity index (χ3v) is 5.84. The molecule has 2 N–H and O–H groups in total. The number of nitrogens with one attached hydrogen (secondary N) is 2. The van der Waals surface area contributed by atoms with E-state index in [1.54, 1.807) is 14.2 Å². The fourth-order valence-corrected chi connectivity index (χ4v) is 3.87. The number of anilines is 1. The van der Waals surface area contributed by atoms with E-state index in [-0.39, 0.29) is 17.9 Å². The molecule has 0 saturated heterocycles. The first-order valence-electron chi connectivity index (χ1n) is 11.5. The van der Waals surface area contributed by atoms with Crippen molar-refractivity contribution in [3.05, 3.63) is 107 Å².